The molecule has 1 amide bonds. The maximum absolute atomic E-state index is 12.3. The molecule has 2 fully saturated rings. The molecule has 0 aliphatic carbocycles. The summed E-state index contributed by atoms with van der Waals surface area (Å²) in [5.74, 6) is 0.531. The normalized spacial score (nSPS) is 26.0. The lowest BCUT2D eigenvalue weighted by Gasteiger charge is -2.27. The van der Waals surface area contributed by atoms with Gasteiger partial charge in [0, 0.05) is 6.20 Å². The summed E-state index contributed by atoms with van der Waals surface area (Å²) in [7, 11) is 0. The first kappa shape index (κ1) is 15.2. The molecule has 6 nitrogen and oxygen atoms in total. The van der Waals surface area contributed by atoms with E-state index in [4.69, 9.17) is 4.74 Å². The zero-order chi connectivity index (χ0) is 15.4. The van der Waals surface area contributed by atoms with Gasteiger partial charge in [-0.25, -0.2) is 0 Å². The van der Waals surface area contributed by atoms with Crippen molar-refractivity contribution in [1.82, 2.24) is 15.1 Å². The molecule has 2 saturated heterocycles. The molecule has 0 spiro atoms. The molecule has 120 valence electrons. The average Bonchev–Trinajstić information content (AvgIpc) is 3.18. The number of carbonyl (C=O) groups excluding carboxylic acids is 1. The number of ether oxygens (including phenoxy) is 1. The van der Waals surface area contributed by atoms with Crippen LogP contribution in [0.4, 0.5) is 5.69 Å². The van der Waals surface area contributed by atoms with Crippen LogP contribution in [0.2, 0.25) is 0 Å². The highest BCUT2D eigenvalue weighted by atomic mass is 16.5. The van der Waals surface area contributed by atoms with Crippen LogP contribution in [0.25, 0.3) is 0 Å². The van der Waals surface area contributed by atoms with Crippen LogP contribution in [0, 0.1) is 5.92 Å². The van der Waals surface area contributed by atoms with Gasteiger partial charge in [-0.2, -0.15) is 5.10 Å². The second kappa shape index (κ2) is 7.07. The Morgan fingerprint density at radius 2 is 2.27 bits per heavy atom. The summed E-state index contributed by atoms with van der Waals surface area (Å²) in [6.45, 7) is 6.42. The van der Waals surface area contributed by atoms with Crippen molar-refractivity contribution in [2.24, 2.45) is 5.92 Å². The first-order valence-electron chi connectivity index (χ1n) is 8.06. The smallest absolute Gasteiger partial charge is 0.253 e. The van der Waals surface area contributed by atoms with Crippen LogP contribution in [-0.4, -0.2) is 41.0 Å². The molecule has 6 heteroatoms. The summed E-state index contributed by atoms with van der Waals surface area (Å²) in [6.07, 6.45) is 9.21. The number of hydrogen-bond donors (Lipinski definition) is 2. The summed E-state index contributed by atoms with van der Waals surface area (Å²) in [4.78, 5) is 12.3. The molecule has 3 heterocycles. The van der Waals surface area contributed by atoms with Crippen LogP contribution in [-0.2, 0) is 16.1 Å². The van der Waals surface area contributed by atoms with E-state index in [9.17, 15) is 4.79 Å². The predicted molar refractivity (Wildman–Crippen MR) is 84.5 cm³/mol. The minimum absolute atomic E-state index is 0.0606. The minimum atomic E-state index is -0.331. The fourth-order valence-corrected chi connectivity index (χ4v) is 3.30. The van der Waals surface area contributed by atoms with Gasteiger partial charge in [-0.15, -0.1) is 6.58 Å². The fourth-order valence-electron chi connectivity index (χ4n) is 3.30. The molecule has 0 radical (unpaired) electrons. The molecule has 2 N–H and O–H groups in total. The van der Waals surface area contributed by atoms with Crippen molar-refractivity contribution in [2.75, 3.05) is 18.4 Å². The molecule has 3 rings (SSSR count). The van der Waals surface area contributed by atoms with Gasteiger partial charge in [0.25, 0.3) is 5.91 Å². The first-order valence-corrected chi connectivity index (χ1v) is 8.06. The number of nitrogens with one attached hydrogen (secondary N) is 2. The largest absolute Gasteiger partial charge is 0.365 e. The van der Waals surface area contributed by atoms with Crippen molar-refractivity contribution in [3.8, 4) is 0 Å². The molecule has 1 aromatic heterocycles. The molecule has 2 aliphatic heterocycles. The Morgan fingerprint density at radius 1 is 1.45 bits per heavy atom. The first-order chi connectivity index (χ1) is 10.8. The lowest BCUT2D eigenvalue weighted by Crippen LogP contribution is -2.35. The van der Waals surface area contributed by atoms with Crippen molar-refractivity contribution < 1.29 is 9.53 Å². The summed E-state index contributed by atoms with van der Waals surface area (Å²) in [5, 5.41) is 10.4. The maximum Gasteiger partial charge on any atom is 0.253 e. The van der Waals surface area contributed by atoms with Gasteiger partial charge in [-0.05, 0) is 44.7 Å². The molecular formula is C16H24N4O2. The van der Waals surface area contributed by atoms with Gasteiger partial charge in [0.15, 0.2) is 0 Å². The van der Waals surface area contributed by atoms with Crippen LogP contribution >= 0.6 is 0 Å². The molecule has 22 heavy (non-hydrogen) atoms. The number of anilines is 1. The number of amides is 1. The van der Waals surface area contributed by atoms with E-state index in [0.717, 1.165) is 38.8 Å². The van der Waals surface area contributed by atoms with Crippen molar-refractivity contribution in [2.45, 2.75) is 44.4 Å². The quantitative estimate of drug-likeness (QED) is 0.810. The Morgan fingerprint density at radius 3 is 3.05 bits per heavy atom. The van der Waals surface area contributed by atoms with E-state index in [2.05, 4.69) is 22.3 Å². The lowest BCUT2D eigenvalue weighted by atomic mass is 9.91. The molecular weight excluding hydrogens is 280 g/mol. The van der Waals surface area contributed by atoms with Crippen LogP contribution in [0.3, 0.4) is 0 Å². The Hall–Kier alpha value is -1.66. The minimum Gasteiger partial charge on any atom is -0.365 e. The summed E-state index contributed by atoms with van der Waals surface area (Å²) in [5.41, 5.74) is 0.709. The Kier molecular flexibility index (Phi) is 4.90. The van der Waals surface area contributed by atoms with Gasteiger partial charge < -0.3 is 15.4 Å². The number of hydrogen-bond acceptors (Lipinski definition) is 4. The highest BCUT2D eigenvalue weighted by molar-refractivity contribution is 5.94. The molecule has 0 aromatic carbocycles. The van der Waals surface area contributed by atoms with Crippen LogP contribution in [0.1, 0.15) is 25.7 Å². The van der Waals surface area contributed by atoms with E-state index in [1.165, 1.54) is 0 Å². The molecule has 0 saturated carbocycles. The van der Waals surface area contributed by atoms with E-state index in [0.29, 0.717) is 18.2 Å². The number of allylic oxidation sites excluding steroid dienone is 1. The summed E-state index contributed by atoms with van der Waals surface area (Å²) in [6, 6.07) is 0. The maximum atomic E-state index is 12.3. The van der Waals surface area contributed by atoms with Crippen LogP contribution in [0.15, 0.2) is 25.0 Å². The SMILES string of the molecule is C=CCn1cc(NC(=O)C2CCC(C3CCNCC3)O2)cn1. The van der Waals surface area contributed by atoms with Gasteiger partial charge in [-0.1, -0.05) is 6.08 Å². The Labute approximate surface area is 130 Å². The second-order valence-electron chi connectivity index (χ2n) is 6.06. The van der Waals surface area contributed by atoms with Crippen LogP contribution in [0.5, 0.6) is 0 Å². The molecule has 2 aliphatic rings. The molecule has 2 atom stereocenters. The molecule has 1 aromatic rings. The van der Waals surface area contributed by atoms with Gasteiger partial charge in [0.1, 0.15) is 6.10 Å². The topological polar surface area (TPSA) is 68.2 Å². The van der Waals surface area contributed by atoms with E-state index in [-0.39, 0.29) is 18.1 Å². The van der Waals surface area contributed by atoms with Crippen molar-refractivity contribution >= 4 is 11.6 Å². The number of piperidine rings is 1. The highest BCUT2D eigenvalue weighted by Crippen LogP contribution is 2.30. The van der Waals surface area contributed by atoms with Crippen molar-refractivity contribution in [3.05, 3.63) is 25.0 Å². The molecule has 2 unspecified atom stereocenters. The number of aromatic nitrogens is 2. The van der Waals surface area contributed by atoms with E-state index >= 15 is 0 Å². The third-order valence-corrected chi connectivity index (χ3v) is 4.47. The van der Waals surface area contributed by atoms with Gasteiger partial charge in [0.05, 0.1) is 24.5 Å². The third-order valence-electron chi connectivity index (χ3n) is 4.47. The van der Waals surface area contributed by atoms with Crippen LogP contribution < -0.4 is 10.6 Å². The van der Waals surface area contributed by atoms with Gasteiger partial charge in [-0.3, -0.25) is 9.48 Å². The van der Waals surface area contributed by atoms with Crippen molar-refractivity contribution in [3.63, 3.8) is 0 Å². The standard InChI is InChI=1S/C16H24N4O2/c1-2-9-20-11-13(10-18-20)19-16(21)15-4-3-14(22-15)12-5-7-17-8-6-12/h2,10-12,14-15,17H,1,3-9H2,(H,19,21). The number of nitrogens with zero attached hydrogens (tertiary/aromatic N) is 2. The zero-order valence-corrected chi connectivity index (χ0v) is 12.8. The monoisotopic (exact) mass is 304 g/mol. The fraction of sp³-hybridized carbons (Fsp3) is 0.625. The number of rotatable bonds is 5. The van der Waals surface area contributed by atoms with E-state index in [1.54, 1.807) is 23.2 Å². The third kappa shape index (κ3) is 3.56. The van der Waals surface area contributed by atoms with E-state index in [1.807, 2.05) is 0 Å². The zero-order valence-electron chi connectivity index (χ0n) is 12.8. The summed E-state index contributed by atoms with van der Waals surface area (Å²) < 4.78 is 7.74. The molecule has 0 bridgehead atoms. The Bertz CT molecular complexity index is 522. The van der Waals surface area contributed by atoms with Gasteiger partial charge >= 0.3 is 0 Å². The average molecular weight is 304 g/mol. The van der Waals surface area contributed by atoms with E-state index < -0.39 is 0 Å². The second-order valence-corrected chi connectivity index (χ2v) is 6.06. The predicted octanol–water partition coefficient (Wildman–Crippen LogP) is 1.55. The Balaban J connectivity index is 1.51. The number of carbonyl (C=O) groups is 1. The van der Waals surface area contributed by atoms with Crippen molar-refractivity contribution in [1.29, 1.82) is 0 Å². The summed E-state index contributed by atoms with van der Waals surface area (Å²) >= 11 is 0. The van der Waals surface area contributed by atoms with Gasteiger partial charge in [0.2, 0.25) is 0 Å². The lowest BCUT2D eigenvalue weighted by molar-refractivity contribution is -0.128. The highest BCUT2D eigenvalue weighted by Gasteiger charge is 2.35.